The van der Waals surface area contributed by atoms with E-state index < -0.39 is 0 Å². The van der Waals surface area contributed by atoms with Crippen LogP contribution in [0.1, 0.15) is 33.1 Å². The third kappa shape index (κ3) is 0.480. The normalized spacial score (nSPS) is 55.6. The summed E-state index contributed by atoms with van der Waals surface area (Å²) < 4.78 is 0. The zero-order valence-electron chi connectivity index (χ0n) is 6.03. The molecule has 0 aromatic carbocycles. The van der Waals surface area contributed by atoms with E-state index in [1.54, 1.807) is 0 Å². The quantitative estimate of drug-likeness (QED) is 0.481. The van der Waals surface area contributed by atoms with Crippen molar-refractivity contribution in [3.8, 4) is 0 Å². The lowest BCUT2D eigenvalue weighted by Crippen LogP contribution is -2.34. The Labute approximate surface area is 55.4 Å². The highest BCUT2D eigenvalue weighted by Gasteiger charge is 2.60. The number of hydrogen-bond donors (Lipinski definition) is 0. The van der Waals surface area contributed by atoms with Crippen molar-refractivity contribution in [3.63, 3.8) is 0 Å². The summed E-state index contributed by atoms with van der Waals surface area (Å²) in [6.45, 7) is 4.32. The monoisotopic (exact) mass is 124 g/mol. The Hall–Kier alpha value is -0.330. The molecule has 0 amide bonds. The summed E-state index contributed by atoms with van der Waals surface area (Å²) in [5.74, 6) is 0.505. The van der Waals surface area contributed by atoms with Crippen molar-refractivity contribution in [2.24, 2.45) is 10.8 Å². The van der Waals surface area contributed by atoms with Crippen LogP contribution in [0.4, 0.5) is 0 Å². The van der Waals surface area contributed by atoms with Crippen LogP contribution in [0.3, 0.4) is 0 Å². The molecule has 0 saturated heterocycles. The minimum atomic E-state index is 0.120. The number of carbonyl (C=O) groups excluding carboxylic acids is 1. The standard InChI is InChI=1S/C8H12O/c1-7-3-6(9)8(2,4-7)5-7/h3-5H2,1-2H3. The highest BCUT2D eigenvalue weighted by molar-refractivity contribution is 5.90. The van der Waals surface area contributed by atoms with Crippen molar-refractivity contribution in [2.45, 2.75) is 33.1 Å². The second-order valence-electron chi connectivity index (χ2n) is 4.32. The zero-order valence-corrected chi connectivity index (χ0v) is 6.03. The van der Waals surface area contributed by atoms with Gasteiger partial charge in [-0.25, -0.2) is 0 Å². The number of fused-ring (bicyclic) bond motifs is 1. The first-order chi connectivity index (χ1) is 4.04. The van der Waals surface area contributed by atoms with Gasteiger partial charge in [0.1, 0.15) is 5.78 Å². The second-order valence-corrected chi connectivity index (χ2v) is 4.32. The topological polar surface area (TPSA) is 17.1 Å². The van der Waals surface area contributed by atoms with E-state index in [-0.39, 0.29) is 5.41 Å². The molecule has 0 N–H and O–H groups in total. The Morgan fingerprint density at radius 2 is 1.89 bits per heavy atom. The summed E-state index contributed by atoms with van der Waals surface area (Å²) >= 11 is 0. The van der Waals surface area contributed by atoms with E-state index in [9.17, 15) is 4.79 Å². The molecule has 0 heterocycles. The average molecular weight is 124 g/mol. The van der Waals surface area contributed by atoms with Gasteiger partial charge in [-0.2, -0.15) is 0 Å². The Kier molecular flexibility index (Phi) is 0.662. The molecule has 3 aliphatic rings. The third-order valence-corrected chi connectivity index (χ3v) is 2.89. The Morgan fingerprint density at radius 1 is 1.33 bits per heavy atom. The van der Waals surface area contributed by atoms with Crippen molar-refractivity contribution in [1.29, 1.82) is 0 Å². The third-order valence-electron chi connectivity index (χ3n) is 2.89. The van der Waals surface area contributed by atoms with Crippen LogP contribution in [-0.4, -0.2) is 5.78 Å². The van der Waals surface area contributed by atoms with Crippen molar-refractivity contribution in [1.82, 2.24) is 0 Å². The molecule has 0 radical (unpaired) electrons. The van der Waals surface area contributed by atoms with E-state index in [4.69, 9.17) is 0 Å². The molecule has 3 fully saturated rings. The molecule has 9 heavy (non-hydrogen) atoms. The zero-order chi connectivity index (χ0) is 6.70. The number of hydrogen-bond acceptors (Lipinski definition) is 1. The molecule has 1 heteroatoms. The largest absolute Gasteiger partial charge is 0.299 e. The Balaban J connectivity index is 2.34. The molecule has 0 aliphatic heterocycles. The molecule has 3 saturated carbocycles. The number of ketones is 1. The minimum absolute atomic E-state index is 0.120. The summed E-state index contributed by atoms with van der Waals surface area (Å²) in [5.41, 5.74) is 0.542. The highest BCUT2D eigenvalue weighted by Crippen LogP contribution is 2.64. The van der Waals surface area contributed by atoms with Gasteiger partial charge in [-0.3, -0.25) is 4.79 Å². The fraction of sp³-hybridized carbons (Fsp3) is 0.875. The number of Topliss-reactive ketones (excluding diaryl/α,β-unsaturated/α-hetero) is 1. The van der Waals surface area contributed by atoms with Crippen LogP contribution in [0, 0.1) is 10.8 Å². The predicted molar refractivity (Wildman–Crippen MR) is 35.1 cm³/mol. The van der Waals surface area contributed by atoms with Gasteiger partial charge in [-0.1, -0.05) is 13.8 Å². The Bertz CT molecular complexity index is 175. The molecule has 0 spiro atoms. The van der Waals surface area contributed by atoms with Gasteiger partial charge < -0.3 is 0 Å². The van der Waals surface area contributed by atoms with Gasteiger partial charge in [0.2, 0.25) is 0 Å². The lowest BCUT2D eigenvalue weighted by Gasteiger charge is -2.41. The molecule has 0 aromatic heterocycles. The maximum atomic E-state index is 11.1. The molecule has 3 rings (SSSR count). The van der Waals surface area contributed by atoms with E-state index in [1.165, 1.54) is 0 Å². The van der Waals surface area contributed by atoms with E-state index >= 15 is 0 Å². The van der Waals surface area contributed by atoms with Crippen LogP contribution in [-0.2, 0) is 4.79 Å². The van der Waals surface area contributed by atoms with Gasteiger partial charge >= 0.3 is 0 Å². The molecular formula is C8H12O. The smallest absolute Gasteiger partial charge is 0.139 e. The summed E-state index contributed by atoms with van der Waals surface area (Å²) in [6, 6.07) is 0. The summed E-state index contributed by atoms with van der Waals surface area (Å²) in [7, 11) is 0. The predicted octanol–water partition coefficient (Wildman–Crippen LogP) is 1.77. The molecule has 50 valence electrons. The molecule has 2 bridgehead atoms. The summed E-state index contributed by atoms with van der Waals surface area (Å²) in [4.78, 5) is 11.1. The fourth-order valence-electron chi connectivity index (χ4n) is 2.76. The van der Waals surface area contributed by atoms with Crippen molar-refractivity contribution < 1.29 is 4.79 Å². The van der Waals surface area contributed by atoms with Crippen LogP contribution in [0.15, 0.2) is 0 Å². The molecular weight excluding hydrogens is 112 g/mol. The highest BCUT2D eigenvalue weighted by atomic mass is 16.1. The van der Waals surface area contributed by atoms with Crippen LogP contribution in [0.2, 0.25) is 0 Å². The van der Waals surface area contributed by atoms with Crippen LogP contribution >= 0.6 is 0 Å². The van der Waals surface area contributed by atoms with Gasteiger partial charge in [-0.15, -0.1) is 0 Å². The van der Waals surface area contributed by atoms with Gasteiger partial charge in [0.05, 0.1) is 0 Å². The average Bonchev–Trinajstić information content (AvgIpc) is 1.85. The van der Waals surface area contributed by atoms with E-state index in [2.05, 4.69) is 13.8 Å². The van der Waals surface area contributed by atoms with E-state index in [0.29, 0.717) is 11.2 Å². The first-order valence-electron chi connectivity index (χ1n) is 3.58. The maximum absolute atomic E-state index is 11.1. The maximum Gasteiger partial charge on any atom is 0.139 e. The van der Waals surface area contributed by atoms with E-state index in [0.717, 1.165) is 19.3 Å². The number of carbonyl (C=O) groups is 1. The molecule has 0 aromatic rings. The van der Waals surface area contributed by atoms with Gasteiger partial charge in [-0.05, 0) is 18.3 Å². The summed E-state index contributed by atoms with van der Waals surface area (Å²) in [6.07, 6.45) is 3.15. The van der Waals surface area contributed by atoms with Gasteiger partial charge in [0.15, 0.2) is 0 Å². The molecule has 0 atom stereocenters. The van der Waals surface area contributed by atoms with Gasteiger partial charge in [0.25, 0.3) is 0 Å². The molecule has 0 unspecified atom stereocenters. The van der Waals surface area contributed by atoms with Gasteiger partial charge in [0, 0.05) is 11.8 Å². The summed E-state index contributed by atoms with van der Waals surface area (Å²) in [5, 5.41) is 0. The van der Waals surface area contributed by atoms with E-state index in [1.807, 2.05) is 0 Å². The first-order valence-corrected chi connectivity index (χ1v) is 3.58. The fourth-order valence-corrected chi connectivity index (χ4v) is 2.76. The molecule has 1 nitrogen and oxygen atoms in total. The lowest BCUT2D eigenvalue weighted by molar-refractivity contribution is -0.125. The van der Waals surface area contributed by atoms with Crippen LogP contribution < -0.4 is 0 Å². The minimum Gasteiger partial charge on any atom is -0.299 e. The first kappa shape index (κ1) is 5.45. The molecule has 3 aliphatic carbocycles. The lowest BCUT2D eigenvalue weighted by atomic mass is 9.62. The van der Waals surface area contributed by atoms with Crippen LogP contribution in [0.5, 0.6) is 0 Å². The Morgan fingerprint density at radius 3 is 2.00 bits per heavy atom. The van der Waals surface area contributed by atoms with Crippen molar-refractivity contribution in [3.05, 3.63) is 0 Å². The SMILES string of the molecule is CC12CC(=O)C(C)(C1)C2. The van der Waals surface area contributed by atoms with Crippen molar-refractivity contribution >= 4 is 5.78 Å². The number of rotatable bonds is 0. The van der Waals surface area contributed by atoms with Crippen molar-refractivity contribution in [2.75, 3.05) is 0 Å². The van der Waals surface area contributed by atoms with Crippen LogP contribution in [0.25, 0.3) is 0 Å². The second kappa shape index (κ2) is 1.09.